The molecule has 12 heavy (non-hydrogen) atoms. The number of thioether (sulfide) groups is 1. The van der Waals surface area contributed by atoms with Crippen LogP contribution in [0.3, 0.4) is 0 Å². The molecule has 1 atom stereocenters. The molecule has 3 nitrogen and oxygen atoms in total. The van der Waals surface area contributed by atoms with E-state index in [4.69, 9.17) is 0 Å². The number of carbonyl (C=O) groups excluding carboxylic acids is 1. The van der Waals surface area contributed by atoms with E-state index >= 15 is 0 Å². The van der Waals surface area contributed by atoms with Crippen molar-refractivity contribution in [3.63, 3.8) is 0 Å². The van der Waals surface area contributed by atoms with E-state index < -0.39 is 6.10 Å². The molecule has 1 fully saturated rings. The van der Waals surface area contributed by atoms with Crippen molar-refractivity contribution in [2.45, 2.75) is 20.0 Å². The lowest BCUT2D eigenvalue weighted by Crippen LogP contribution is -2.39. The molecule has 0 aromatic heterocycles. The summed E-state index contributed by atoms with van der Waals surface area (Å²) in [4.78, 5) is 13.2. The van der Waals surface area contributed by atoms with Crippen LogP contribution in [0.1, 0.15) is 13.8 Å². The summed E-state index contributed by atoms with van der Waals surface area (Å²) in [5.41, 5.74) is 0. The molecule has 0 aromatic carbocycles. The lowest BCUT2D eigenvalue weighted by molar-refractivity contribution is -0.140. The van der Waals surface area contributed by atoms with Crippen LogP contribution in [0.2, 0.25) is 0 Å². The SMILES string of the molecule is CC(C)[C@@H](O)C(=O)N1CCSC1. The van der Waals surface area contributed by atoms with Crippen LogP contribution in [0.4, 0.5) is 0 Å². The quantitative estimate of drug-likeness (QED) is 0.689. The molecule has 1 rings (SSSR count). The van der Waals surface area contributed by atoms with Crippen LogP contribution >= 0.6 is 11.8 Å². The first-order valence-corrected chi connectivity index (χ1v) is 5.33. The largest absolute Gasteiger partial charge is 0.383 e. The number of aliphatic hydroxyl groups is 1. The fourth-order valence-electron chi connectivity index (χ4n) is 1.06. The molecular weight excluding hydrogens is 174 g/mol. The molecule has 0 aliphatic carbocycles. The maximum absolute atomic E-state index is 11.4. The predicted molar refractivity (Wildman–Crippen MR) is 49.9 cm³/mol. The highest BCUT2D eigenvalue weighted by Gasteiger charge is 2.26. The maximum Gasteiger partial charge on any atom is 0.252 e. The fraction of sp³-hybridized carbons (Fsp3) is 0.875. The minimum atomic E-state index is -0.816. The van der Waals surface area contributed by atoms with Gasteiger partial charge in [0.25, 0.3) is 5.91 Å². The number of rotatable bonds is 2. The summed E-state index contributed by atoms with van der Waals surface area (Å²) in [6, 6.07) is 0. The molecule has 1 aliphatic heterocycles. The van der Waals surface area contributed by atoms with E-state index in [0.717, 1.165) is 18.2 Å². The van der Waals surface area contributed by atoms with Gasteiger partial charge in [-0.15, -0.1) is 11.8 Å². The standard InChI is InChI=1S/C8H15NO2S/c1-6(2)7(10)8(11)9-3-4-12-5-9/h6-7,10H,3-5H2,1-2H3/t7-/m1/s1. The summed E-state index contributed by atoms with van der Waals surface area (Å²) in [7, 11) is 0. The molecule has 1 aliphatic rings. The highest BCUT2D eigenvalue weighted by molar-refractivity contribution is 7.99. The van der Waals surface area contributed by atoms with Gasteiger partial charge in [-0.2, -0.15) is 0 Å². The molecule has 1 heterocycles. The lowest BCUT2D eigenvalue weighted by atomic mass is 10.1. The lowest BCUT2D eigenvalue weighted by Gasteiger charge is -2.20. The van der Waals surface area contributed by atoms with Gasteiger partial charge in [-0.1, -0.05) is 13.8 Å². The Balaban J connectivity index is 2.45. The van der Waals surface area contributed by atoms with Gasteiger partial charge in [0.15, 0.2) is 0 Å². The fourth-order valence-corrected chi connectivity index (χ4v) is 2.02. The van der Waals surface area contributed by atoms with Crippen molar-refractivity contribution in [2.24, 2.45) is 5.92 Å². The Morgan fingerprint density at radius 2 is 2.25 bits per heavy atom. The van der Waals surface area contributed by atoms with E-state index in [-0.39, 0.29) is 11.8 Å². The Kier molecular flexibility index (Phi) is 3.40. The molecule has 1 N–H and O–H groups in total. The number of hydrogen-bond donors (Lipinski definition) is 1. The Bertz CT molecular complexity index is 162. The predicted octanol–water partition coefficient (Wildman–Crippen LogP) is 0.536. The monoisotopic (exact) mass is 189 g/mol. The third-order valence-electron chi connectivity index (χ3n) is 1.95. The summed E-state index contributed by atoms with van der Waals surface area (Å²) in [6.45, 7) is 4.49. The molecule has 0 unspecified atom stereocenters. The van der Waals surface area contributed by atoms with Gasteiger partial charge in [0.2, 0.25) is 0 Å². The Hall–Kier alpha value is -0.220. The van der Waals surface area contributed by atoms with E-state index in [9.17, 15) is 9.90 Å². The first-order valence-electron chi connectivity index (χ1n) is 4.17. The molecule has 0 spiro atoms. The van der Waals surface area contributed by atoms with Crippen LogP contribution in [0, 0.1) is 5.92 Å². The summed E-state index contributed by atoms with van der Waals surface area (Å²) in [5.74, 6) is 1.64. The zero-order valence-corrected chi connectivity index (χ0v) is 8.30. The van der Waals surface area contributed by atoms with Crippen molar-refractivity contribution in [3.05, 3.63) is 0 Å². The summed E-state index contributed by atoms with van der Waals surface area (Å²) in [5, 5.41) is 9.45. The molecule has 0 saturated carbocycles. The van der Waals surface area contributed by atoms with Crippen LogP contribution in [-0.2, 0) is 4.79 Å². The van der Waals surface area contributed by atoms with Crippen molar-refractivity contribution in [1.29, 1.82) is 0 Å². The van der Waals surface area contributed by atoms with E-state index in [2.05, 4.69) is 0 Å². The minimum absolute atomic E-state index is 0.0168. The van der Waals surface area contributed by atoms with Crippen LogP contribution in [-0.4, -0.2) is 40.2 Å². The first-order chi connectivity index (χ1) is 5.63. The molecule has 4 heteroatoms. The van der Waals surface area contributed by atoms with E-state index in [0.29, 0.717) is 0 Å². The normalized spacial score (nSPS) is 20.2. The van der Waals surface area contributed by atoms with Gasteiger partial charge >= 0.3 is 0 Å². The second-order valence-corrected chi connectivity index (χ2v) is 4.40. The van der Waals surface area contributed by atoms with Gasteiger partial charge in [0.05, 0.1) is 5.88 Å². The van der Waals surface area contributed by atoms with Gasteiger partial charge in [0.1, 0.15) is 6.10 Å². The highest BCUT2D eigenvalue weighted by atomic mass is 32.2. The van der Waals surface area contributed by atoms with Gasteiger partial charge in [0, 0.05) is 12.3 Å². The second-order valence-electron chi connectivity index (χ2n) is 3.33. The van der Waals surface area contributed by atoms with Crippen LogP contribution in [0.5, 0.6) is 0 Å². The Labute approximate surface area is 77.1 Å². The average molecular weight is 189 g/mol. The zero-order chi connectivity index (χ0) is 9.14. The zero-order valence-electron chi connectivity index (χ0n) is 7.49. The third-order valence-corrected chi connectivity index (χ3v) is 2.91. The van der Waals surface area contributed by atoms with E-state index in [1.807, 2.05) is 13.8 Å². The van der Waals surface area contributed by atoms with Crippen molar-refractivity contribution < 1.29 is 9.90 Å². The van der Waals surface area contributed by atoms with E-state index in [1.165, 1.54) is 0 Å². The minimum Gasteiger partial charge on any atom is -0.383 e. The van der Waals surface area contributed by atoms with Gasteiger partial charge in [-0.05, 0) is 5.92 Å². The number of aliphatic hydroxyl groups excluding tert-OH is 1. The van der Waals surface area contributed by atoms with Gasteiger partial charge in [-0.25, -0.2) is 0 Å². The molecule has 1 saturated heterocycles. The summed E-state index contributed by atoms with van der Waals surface area (Å²) >= 11 is 1.73. The van der Waals surface area contributed by atoms with Crippen molar-refractivity contribution in [2.75, 3.05) is 18.2 Å². The topological polar surface area (TPSA) is 40.5 Å². The van der Waals surface area contributed by atoms with Crippen molar-refractivity contribution in [3.8, 4) is 0 Å². The second kappa shape index (κ2) is 4.14. The molecular formula is C8H15NO2S. The molecule has 0 bridgehead atoms. The average Bonchev–Trinajstić information content (AvgIpc) is 2.53. The Morgan fingerprint density at radius 1 is 1.58 bits per heavy atom. The Morgan fingerprint density at radius 3 is 2.67 bits per heavy atom. The molecule has 0 radical (unpaired) electrons. The highest BCUT2D eigenvalue weighted by Crippen LogP contribution is 2.16. The number of hydrogen-bond acceptors (Lipinski definition) is 3. The first kappa shape index (κ1) is 9.86. The molecule has 70 valence electrons. The van der Waals surface area contributed by atoms with Crippen LogP contribution in [0.15, 0.2) is 0 Å². The number of amides is 1. The number of carbonyl (C=O) groups is 1. The molecule has 0 aromatic rings. The van der Waals surface area contributed by atoms with Crippen molar-refractivity contribution in [1.82, 2.24) is 4.90 Å². The smallest absolute Gasteiger partial charge is 0.252 e. The molecule has 1 amide bonds. The van der Waals surface area contributed by atoms with Crippen molar-refractivity contribution >= 4 is 17.7 Å². The van der Waals surface area contributed by atoms with Crippen LogP contribution in [0.25, 0.3) is 0 Å². The van der Waals surface area contributed by atoms with Crippen LogP contribution < -0.4 is 0 Å². The number of nitrogens with zero attached hydrogens (tertiary/aromatic N) is 1. The van der Waals surface area contributed by atoms with E-state index in [1.54, 1.807) is 16.7 Å². The van der Waals surface area contributed by atoms with Gasteiger partial charge < -0.3 is 10.0 Å². The summed E-state index contributed by atoms with van der Waals surface area (Å²) in [6.07, 6.45) is -0.816. The maximum atomic E-state index is 11.4. The summed E-state index contributed by atoms with van der Waals surface area (Å²) < 4.78 is 0. The van der Waals surface area contributed by atoms with Gasteiger partial charge in [-0.3, -0.25) is 4.79 Å². The third kappa shape index (κ3) is 2.14.